The van der Waals surface area contributed by atoms with E-state index >= 15 is 0 Å². The molecule has 1 aromatic rings. The molecular weight excluding hydrogens is 244 g/mol. The van der Waals surface area contributed by atoms with Gasteiger partial charge in [-0.1, -0.05) is 12.1 Å². The molecule has 0 N–H and O–H groups in total. The third kappa shape index (κ3) is 2.17. The molecule has 0 radical (unpaired) electrons. The van der Waals surface area contributed by atoms with Gasteiger partial charge in [-0.15, -0.1) is 0 Å². The Balaban J connectivity index is 1.86. The van der Waals surface area contributed by atoms with Crippen LogP contribution in [0.5, 0.6) is 0 Å². The van der Waals surface area contributed by atoms with Crippen LogP contribution < -0.4 is 0 Å². The minimum absolute atomic E-state index is 0.236. The van der Waals surface area contributed by atoms with Crippen LogP contribution in [0, 0.1) is 0 Å². The molecule has 1 aromatic carbocycles. The number of carbonyl (C=O) groups excluding carboxylic acids is 1. The summed E-state index contributed by atoms with van der Waals surface area (Å²) in [5.74, 6) is -0.350. The Morgan fingerprint density at radius 2 is 2.37 bits per heavy atom. The summed E-state index contributed by atoms with van der Waals surface area (Å²) in [7, 11) is 1.37. The maximum Gasteiger partial charge on any atom is 0.330 e. The summed E-state index contributed by atoms with van der Waals surface area (Å²) in [5, 5.41) is 0. The van der Waals surface area contributed by atoms with Gasteiger partial charge in [-0.25, -0.2) is 4.79 Å². The number of carbonyl (C=O) groups is 1. The zero-order valence-corrected chi connectivity index (χ0v) is 10.8. The van der Waals surface area contributed by atoms with E-state index < -0.39 is 0 Å². The summed E-state index contributed by atoms with van der Waals surface area (Å²) in [6, 6.07) is 6.13. The molecule has 4 heteroatoms. The summed E-state index contributed by atoms with van der Waals surface area (Å²) in [6.45, 7) is 2.00. The standard InChI is InChI=1S/C15H16O4/c1-17-14(16)5-3-11-2-4-13-12(8-11)9-19-15(13)6-7-18-10-15/h2-5,8H,6-7,9-10H2,1H3/b5-3+. The number of rotatable bonds is 2. The van der Waals surface area contributed by atoms with Gasteiger partial charge in [0.25, 0.3) is 0 Å². The Kier molecular flexibility index (Phi) is 3.12. The quantitative estimate of drug-likeness (QED) is 0.603. The van der Waals surface area contributed by atoms with Crippen LogP contribution in [-0.2, 0) is 31.2 Å². The average molecular weight is 260 g/mol. The van der Waals surface area contributed by atoms with E-state index in [2.05, 4.69) is 16.9 Å². The van der Waals surface area contributed by atoms with Gasteiger partial charge in [0.1, 0.15) is 5.60 Å². The molecule has 1 spiro atoms. The van der Waals surface area contributed by atoms with Gasteiger partial charge in [0.05, 0.1) is 20.3 Å². The molecule has 2 heterocycles. The van der Waals surface area contributed by atoms with Crippen molar-refractivity contribution in [2.75, 3.05) is 20.3 Å². The topological polar surface area (TPSA) is 44.8 Å². The monoisotopic (exact) mass is 260 g/mol. The van der Waals surface area contributed by atoms with Gasteiger partial charge in [-0.05, 0) is 28.8 Å². The van der Waals surface area contributed by atoms with E-state index in [-0.39, 0.29) is 11.6 Å². The van der Waals surface area contributed by atoms with Crippen LogP contribution in [0.4, 0.5) is 0 Å². The Morgan fingerprint density at radius 3 is 3.11 bits per heavy atom. The molecule has 3 rings (SSSR count). The second-order valence-corrected chi connectivity index (χ2v) is 4.86. The predicted octanol–water partition coefficient (Wildman–Crippen LogP) is 2.02. The Hall–Kier alpha value is -1.65. The number of hydrogen-bond donors (Lipinski definition) is 0. The van der Waals surface area contributed by atoms with Gasteiger partial charge in [0.2, 0.25) is 0 Å². The summed E-state index contributed by atoms with van der Waals surface area (Å²) in [4.78, 5) is 11.1. The molecule has 0 amide bonds. The summed E-state index contributed by atoms with van der Waals surface area (Å²) >= 11 is 0. The highest BCUT2D eigenvalue weighted by Crippen LogP contribution is 2.42. The number of benzene rings is 1. The van der Waals surface area contributed by atoms with E-state index in [0.717, 1.165) is 18.6 Å². The molecule has 100 valence electrons. The van der Waals surface area contributed by atoms with Crippen molar-refractivity contribution in [2.24, 2.45) is 0 Å². The highest BCUT2D eigenvalue weighted by molar-refractivity contribution is 5.86. The van der Waals surface area contributed by atoms with Crippen LogP contribution in [0.1, 0.15) is 23.1 Å². The highest BCUT2D eigenvalue weighted by atomic mass is 16.6. The molecule has 2 aliphatic heterocycles. The van der Waals surface area contributed by atoms with Crippen LogP contribution in [0.3, 0.4) is 0 Å². The Bertz CT molecular complexity index is 527. The zero-order chi connectivity index (χ0) is 13.3. The molecule has 1 saturated heterocycles. The Morgan fingerprint density at radius 1 is 1.47 bits per heavy atom. The van der Waals surface area contributed by atoms with Crippen LogP contribution in [0.15, 0.2) is 24.3 Å². The second-order valence-electron chi connectivity index (χ2n) is 4.86. The molecule has 1 atom stereocenters. The predicted molar refractivity (Wildman–Crippen MR) is 69.4 cm³/mol. The van der Waals surface area contributed by atoms with E-state index in [1.54, 1.807) is 6.08 Å². The van der Waals surface area contributed by atoms with E-state index in [4.69, 9.17) is 9.47 Å². The molecule has 0 aliphatic carbocycles. The van der Waals surface area contributed by atoms with Crippen molar-refractivity contribution >= 4 is 12.0 Å². The molecule has 0 aromatic heterocycles. The van der Waals surface area contributed by atoms with E-state index in [1.165, 1.54) is 24.3 Å². The fourth-order valence-electron chi connectivity index (χ4n) is 2.68. The van der Waals surface area contributed by atoms with Crippen molar-refractivity contribution in [3.63, 3.8) is 0 Å². The van der Waals surface area contributed by atoms with Gasteiger partial charge in [-0.2, -0.15) is 0 Å². The smallest absolute Gasteiger partial charge is 0.330 e. The normalized spacial score (nSPS) is 25.1. The van der Waals surface area contributed by atoms with Gasteiger partial charge in [0, 0.05) is 19.1 Å². The van der Waals surface area contributed by atoms with Crippen LogP contribution >= 0.6 is 0 Å². The third-order valence-electron chi connectivity index (χ3n) is 3.72. The summed E-state index contributed by atoms with van der Waals surface area (Å²) < 4.78 is 16.0. The molecule has 4 nitrogen and oxygen atoms in total. The highest BCUT2D eigenvalue weighted by Gasteiger charge is 2.43. The van der Waals surface area contributed by atoms with Crippen molar-refractivity contribution in [1.82, 2.24) is 0 Å². The maximum absolute atomic E-state index is 11.1. The van der Waals surface area contributed by atoms with Gasteiger partial charge < -0.3 is 14.2 Å². The first-order chi connectivity index (χ1) is 9.23. The first-order valence-electron chi connectivity index (χ1n) is 6.35. The molecular formula is C15H16O4. The lowest BCUT2D eigenvalue weighted by Crippen LogP contribution is -2.25. The van der Waals surface area contributed by atoms with Crippen molar-refractivity contribution in [3.05, 3.63) is 41.0 Å². The lowest BCUT2D eigenvalue weighted by atomic mass is 9.91. The van der Waals surface area contributed by atoms with Crippen molar-refractivity contribution < 1.29 is 19.0 Å². The third-order valence-corrected chi connectivity index (χ3v) is 3.72. The first-order valence-corrected chi connectivity index (χ1v) is 6.35. The number of ether oxygens (including phenoxy) is 3. The molecule has 2 aliphatic rings. The molecule has 0 bridgehead atoms. The van der Waals surface area contributed by atoms with Gasteiger partial charge >= 0.3 is 5.97 Å². The number of methoxy groups -OCH3 is 1. The van der Waals surface area contributed by atoms with Crippen LogP contribution in [0.2, 0.25) is 0 Å². The van der Waals surface area contributed by atoms with Crippen molar-refractivity contribution in [2.45, 2.75) is 18.6 Å². The number of fused-ring (bicyclic) bond motifs is 2. The minimum Gasteiger partial charge on any atom is -0.466 e. The fourth-order valence-corrected chi connectivity index (χ4v) is 2.68. The Labute approximate surface area is 112 Å². The zero-order valence-electron chi connectivity index (χ0n) is 10.8. The summed E-state index contributed by atoms with van der Waals surface area (Å²) in [6.07, 6.45) is 4.09. The van der Waals surface area contributed by atoms with Gasteiger partial charge in [0.15, 0.2) is 0 Å². The molecule has 1 unspecified atom stereocenters. The largest absolute Gasteiger partial charge is 0.466 e. The van der Waals surface area contributed by atoms with E-state index in [0.29, 0.717) is 13.2 Å². The second kappa shape index (κ2) is 4.79. The van der Waals surface area contributed by atoms with Crippen LogP contribution in [-0.4, -0.2) is 26.3 Å². The number of hydrogen-bond acceptors (Lipinski definition) is 4. The SMILES string of the molecule is COC(=O)/C=C/c1ccc2c(c1)COC21CCOC1. The first kappa shape index (κ1) is 12.4. The van der Waals surface area contributed by atoms with Crippen LogP contribution in [0.25, 0.3) is 6.08 Å². The number of esters is 1. The molecule has 19 heavy (non-hydrogen) atoms. The summed E-state index contributed by atoms with van der Waals surface area (Å²) in [5.41, 5.74) is 3.14. The van der Waals surface area contributed by atoms with E-state index in [1.807, 2.05) is 6.07 Å². The fraction of sp³-hybridized carbons (Fsp3) is 0.400. The van der Waals surface area contributed by atoms with Crippen molar-refractivity contribution in [1.29, 1.82) is 0 Å². The lowest BCUT2D eigenvalue weighted by Gasteiger charge is -2.21. The van der Waals surface area contributed by atoms with Crippen molar-refractivity contribution in [3.8, 4) is 0 Å². The van der Waals surface area contributed by atoms with Gasteiger partial charge in [-0.3, -0.25) is 0 Å². The minimum atomic E-state index is -0.350. The molecule has 1 fully saturated rings. The lowest BCUT2D eigenvalue weighted by molar-refractivity contribution is -0.134. The maximum atomic E-state index is 11.1. The molecule has 0 saturated carbocycles. The average Bonchev–Trinajstić information content (AvgIpc) is 3.05. The van der Waals surface area contributed by atoms with E-state index in [9.17, 15) is 4.79 Å².